The summed E-state index contributed by atoms with van der Waals surface area (Å²) < 4.78 is 31.8. The van der Waals surface area contributed by atoms with Crippen LogP contribution in [-0.4, -0.2) is 59.5 Å². The lowest BCUT2D eigenvalue weighted by Crippen LogP contribution is -2.50. The highest BCUT2D eigenvalue weighted by atomic mass is 32.2. The number of carbonyl (C=O) groups excluding carboxylic acids is 1. The molecule has 1 aliphatic heterocycles. The molecule has 36 heavy (non-hydrogen) atoms. The molecule has 1 amide bonds. The van der Waals surface area contributed by atoms with E-state index >= 15 is 0 Å². The summed E-state index contributed by atoms with van der Waals surface area (Å²) in [5.41, 5.74) is 7.42. The van der Waals surface area contributed by atoms with Gasteiger partial charge in [0.1, 0.15) is 6.04 Å². The number of sulfonamides is 1. The van der Waals surface area contributed by atoms with E-state index in [-0.39, 0.29) is 30.8 Å². The molecule has 1 aliphatic rings. The quantitative estimate of drug-likeness (QED) is 0.413. The normalized spacial score (nSPS) is 16.6. The molecule has 0 fully saturated rings. The maximum atomic E-state index is 12.6. The monoisotopic (exact) mass is 513 g/mol. The van der Waals surface area contributed by atoms with E-state index in [1.54, 1.807) is 19.9 Å². The van der Waals surface area contributed by atoms with Gasteiger partial charge in [-0.25, -0.2) is 8.42 Å². The van der Waals surface area contributed by atoms with Crippen molar-refractivity contribution in [1.82, 2.24) is 25.5 Å². The molecule has 11 nitrogen and oxygen atoms in total. The second-order valence-electron chi connectivity index (χ2n) is 9.50. The van der Waals surface area contributed by atoms with Crippen molar-refractivity contribution in [3.05, 3.63) is 71.5 Å². The summed E-state index contributed by atoms with van der Waals surface area (Å²) in [6.45, 7) is 4.31. The third-order valence-corrected chi connectivity index (χ3v) is 7.03. The molecular weight excluding hydrogens is 482 g/mol. The minimum atomic E-state index is -3.42. The summed E-state index contributed by atoms with van der Waals surface area (Å²) in [4.78, 5) is 14.0. The third kappa shape index (κ3) is 6.07. The number of nitrogens with zero attached hydrogens (tertiary/aromatic N) is 5. The number of carbonyl (C=O) groups is 1. The highest BCUT2D eigenvalue weighted by molar-refractivity contribution is 7.92. The molecule has 2 atom stereocenters. The fourth-order valence-corrected chi connectivity index (χ4v) is 4.96. The fourth-order valence-electron chi connectivity index (χ4n) is 3.99. The summed E-state index contributed by atoms with van der Waals surface area (Å²) in [5.74, 6) is -0.240. The van der Waals surface area contributed by atoms with Crippen LogP contribution in [0.4, 0.5) is 5.69 Å². The van der Waals surface area contributed by atoms with Crippen molar-refractivity contribution < 1.29 is 17.9 Å². The van der Waals surface area contributed by atoms with Gasteiger partial charge in [-0.05, 0) is 36.3 Å². The first kappa shape index (κ1) is 25.7. The zero-order valence-corrected chi connectivity index (χ0v) is 21.4. The van der Waals surface area contributed by atoms with Crippen LogP contribution in [0.1, 0.15) is 42.8 Å². The minimum Gasteiger partial charge on any atom is -0.374 e. The molecule has 2 heterocycles. The van der Waals surface area contributed by atoms with E-state index in [2.05, 4.69) is 20.7 Å². The average Bonchev–Trinajstić information content (AvgIpc) is 3.44. The molecule has 0 aliphatic carbocycles. The summed E-state index contributed by atoms with van der Waals surface area (Å²) >= 11 is 0. The van der Waals surface area contributed by atoms with Crippen LogP contribution in [0.25, 0.3) is 0 Å². The van der Waals surface area contributed by atoms with E-state index in [0.29, 0.717) is 18.8 Å². The number of ether oxygens (including phenoxy) is 1. The van der Waals surface area contributed by atoms with Crippen LogP contribution < -0.4 is 15.4 Å². The molecule has 1 aromatic heterocycles. The van der Waals surface area contributed by atoms with Crippen molar-refractivity contribution in [1.29, 1.82) is 0 Å². The number of tetrazole rings is 1. The molecule has 192 valence electrons. The Morgan fingerprint density at radius 3 is 2.58 bits per heavy atom. The third-order valence-electron chi connectivity index (χ3n) is 5.88. The molecule has 0 bridgehead atoms. The van der Waals surface area contributed by atoms with Gasteiger partial charge in [-0.3, -0.25) is 9.10 Å². The molecule has 0 saturated heterocycles. The number of benzene rings is 2. The van der Waals surface area contributed by atoms with Gasteiger partial charge in [0, 0.05) is 12.5 Å². The van der Waals surface area contributed by atoms with E-state index in [0.717, 1.165) is 11.1 Å². The van der Waals surface area contributed by atoms with E-state index < -0.39 is 21.6 Å². The Kier molecular flexibility index (Phi) is 7.38. The van der Waals surface area contributed by atoms with Crippen LogP contribution in [-0.2, 0) is 32.7 Å². The second-order valence-corrected chi connectivity index (χ2v) is 11.4. The lowest BCUT2D eigenvalue weighted by atomic mass is 10.0. The van der Waals surface area contributed by atoms with Gasteiger partial charge >= 0.3 is 0 Å². The van der Waals surface area contributed by atoms with Gasteiger partial charge in [-0.1, -0.05) is 48.5 Å². The van der Waals surface area contributed by atoms with Gasteiger partial charge in [-0.2, -0.15) is 4.80 Å². The van der Waals surface area contributed by atoms with E-state index in [4.69, 9.17) is 10.5 Å². The van der Waals surface area contributed by atoms with E-state index in [1.165, 1.54) is 15.4 Å². The first-order valence-electron chi connectivity index (χ1n) is 11.6. The largest absolute Gasteiger partial charge is 0.374 e. The van der Waals surface area contributed by atoms with Gasteiger partial charge in [0.05, 0.1) is 37.2 Å². The standard InChI is InChI=1S/C24H31N7O4S/c1-24(2,25)23(32)26-20(16-35-15-17-9-5-4-6-10-17)22-27-29-31(28-22)14-18-13-30(36(3,33)34)21-12-8-7-11-19(18)21/h4-12,18,20H,13-16,25H2,1-3H3,(H,26,32). The predicted molar refractivity (Wildman–Crippen MR) is 134 cm³/mol. The predicted octanol–water partition coefficient (Wildman–Crippen LogP) is 1.35. The maximum absolute atomic E-state index is 12.6. The van der Waals surface area contributed by atoms with Crippen molar-refractivity contribution >= 4 is 21.6 Å². The van der Waals surface area contributed by atoms with Crippen molar-refractivity contribution in [2.24, 2.45) is 5.73 Å². The Morgan fingerprint density at radius 1 is 1.19 bits per heavy atom. The molecule has 3 aromatic rings. The molecule has 2 unspecified atom stereocenters. The number of hydrogen-bond acceptors (Lipinski definition) is 8. The number of para-hydroxylation sites is 1. The molecule has 0 spiro atoms. The summed E-state index contributed by atoms with van der Waals surface area (Å²) in [6.07, 6.45) is 1.19. The van der Waals surface area contributed by atoms with Crippen LogP contribution in [0.3, 0.4) is 0 Å². The number of amides is 1. The molecule has 0 radical (unpaired) electrons. The van der Waals surface area contributed by atoms with Crippen LogP contribution in [0.5, 0.6) is 0 Å². The number of nitrogens with one attached hydrogen (secondary N) is 1. The molecular formula is C24H31N7O4S. The first-order valence-corrected chi connectivity index (χ1v) is 13.4. The zero-order valence-electron chi connectivity index (χ0n) is 20.5. The van der Waals surface area contributed by atoms with Crippen LogP contribution in [0, 0.1) is 0 Å². The lowest BCUT2D eigenvalue weighted by molar-refractivity contribution is -0.126. The van der Waals surface area contributed by atoms with Crippen LogP contribution >= 0.6 is 0 Å². The average molecular weight is 514 g/mol. The topological polar surface area (TPSA) is 145 Å². The van der Waals surface area contributed by atoms with Gasteiger partial charge in [-0.15, -0.1) is 10.2 Å². The first-order chi connectivity index (χ1) is 17.0. The number of anilines is 1. The highest BCUT2D eigenvalue weighted by Crippen LogP contribution is 2.38. The van der Waals surface area contributed by atoms with Gasteiger partial charge in [0.2, 0.25) is 15.9 Å². The van der Waals surface area contributed by atoms with Gasteiger partial charge in [0.15, 0.2) is 5.82 Å². The summed E-state index contributed by atoms with van der Waals surface area (Å²) in [5, 5.41) is 15.7. The molecule has 4 rings (SSSR count). The number of aromatic nitrogens is 4. The summed E-state index contributed by atoms with van der Waals surface area (Å²) in [6, 6.07) is 16.4. The molecule has 0 saturated carbocycles. The second kappa shape index (κ2) is 10.3. The van der Waals surface area contributed by atoms with Crippen LogP contribution in [0.15, 0.2) is 54.6 Å². The minimum absolute atomic E-state index is 0.122. The van der Waals surface area contributed by atoms with Crippen molar-refractivity contribution in [2.45, 2.75) is 44.5 Å². The molecule has 12 heteroatoms. The fraction of sp³-hybridized carbons (Fsp3) is 0.417. The van der Waals surface area contributed by atoms with E-state index in [9.17, 15) is 13.2 Å². The Morgan fingerprint density at radius 2 is 1.89 bits per heavy atom. The van der Waals surface area contributed by atoms with Crippen LogP contribution in [0.2, 0.25) is 0 Å². The Labute approximate surface area is 210 Å². The zero-order chi connectivity index (χ0) is 25.9. The molecule has 2 aromatic carbocycles. The Bertz CT molecular complexity index is 1310. The Hall–Kier alpha value is -3.35. The number of rotatable bonds is 10. The van der Waals surface area contributed by atoms with Gasteiger partial charge < -0.3 is 15.8 Å². The number of hydrogen-bond donors (Lipinski definition) is 2. The number of nitrogens with two attached hydrogens (primary N) is 1. The summed E-state index contributed by atoms with van der Waals surface area (Å²) in [7, 11) is -3.42. The van der Waals surface area contributed by atoms with Crippen molar-refractivity contribution in [3.8, 4) is 0 Å². The maximum Gasteiger partial charge on any atom is 0.240 e. The van der Waals surface area contributed by atoms with Crippen molar-refractivity contribution in [2.75, 3.05) is 23.7 Å². The SMILES string of the molecule is CC(C)(N)C(=O)NC(COCc1ccccc1)c1nnn(CC2CN(S(C)(=O)=O)c3ccccc32)n1. The molecule has 3 N–H and O–H groups in total. The van der Waals surface area contributed by atoms with E-state index in [1.807, 2.05) is 48.5 Å². The number of fused-ring (bicyclic) bond motifs is 1. The van der Waals surface area contributed by atoms with Crippen molar-refractivity contribution in [3.63, 3.8) is 0 Å². The highest BCUT2D eigenvalue weighted by Gasteiger charge is 2.34. The lowest BCUT2D eigenvalue weighted by Gasteiger charge is -2.22. The van der Waals surface area contributed by atoms with Gasteiger partial charge in [0.25, 0.3) is 0 Å². The Balaban J connectivity index is 1.49. The smallest absolute Gasteiger partial charge is 0.240 e.